The van der Waals surface area contributed by atoms with Crippen molar-refractivity contribution in [2.45, 2.75) is 11.7 Å². The molecule has 0 fully saturated rings. The Morgan fingerprint density at radius 1 is 1.27 bits per heavy atom. The van der Waals surface area contributed by atoms with E-state index in [1.165, 1.54) is 0 Å². The summed E-state index contributed by atoms with van der Waals surface area (Å²) in [6.07, 6.45) is -1.22. The van der Waals surface area contributed by atoms with E-state index >= 15 is 0 Å². The Kier molecular flexibility index (Phi) is 2.85. The van der Waals surface area contributed by atoms with E-state index in [1.54, 1.807) is 30.3 Å². The summed E-state index contributed by atoms with van der Waals surface area (Å²) in [5.41, 5.74) is -1.24. The Balaban J connectivity index is 2.77. The van der Waals surface area contributed by atoms with E-state index in [9.17, 15) is 4.39 Å². The number of hydrogen-bond donors (Lipinski definition) is 1. The van der Waals surface area contributed by atoms with Crippen LogP contribution in [0.5, 0.6) is 0 Å². The third kappa shape index (κ3) is 2.17. The Morgan fingerprint density at radius 2 is 1.82 bits per heavy atom. The van der Waals surface area contributed by atoms with E-state index in [-0.39, 0.29) is 0 Å². The lowest BCUT2D eigenvalue weighted by molar-refractivity contribution is 0.120. The Morgan fingerprint density at radius 3 is 2.27 bits per heavy atom. The molecule has 0 saturated carbocycles. The highest BCUT2D eigenvalue weighted by atomic mass is 35.5. The molecule has 0 radical (unpaired) electrons. The topological polar surface area (TPSA) is 20.2 Å². The van der Waals surface area contributed by atoms with Crippen LogP contribution < -0.4 is 0 Å². The first-order valence-corrected chi connectivity index (χ1v) is 3.66. The molecule has 0 aromatic heterocycles. The lowest BCUT2D eigenvalue weighted by atomic mass is 10.1. The van der Waals surface area contributed by atoms with Crippen LogP contribution in [-0.4, -0.2) is 10.7 Å². The monoisotopic (exact) mass is 174 g/mol. The summed E-state index contributed by atoms with van der Waals surface area (Å²) >= 11 is 5.05. The lowest BCUT2D eigenvalue weighted by Gasteiger charge is -2.09. The number of halogens is 2. The molecule has 0 aliphatic carbocycles. The summed E-state index contributed by atoms with van der Waals surface area (Å²) in [4.78, 5) is 0. The zero-order valence-electron chi connectivity index (χ0n) is 5.74. The number of rotatable bonds is 2. The van der Waals surface area contributed by atoms with Crippen molar-refractivity contribution < 1.29 is 9.50 Å². The van der Waals surface area contributed by atoms with Crippen LogP contribution in [0.25, 0.3) is 0 Å². The van der Waals surface area contributed by atoms with Crippen LogP contribution in [0.1, 0.15) is 11.7 Å². The molecule has 60 valence electrons. The van der Waals surface area contributed by atoms with Gasteiger partial charge in [0.15, 0.2) is 0 Å². The molecule has 1 nitrogen and oxygen atoms in total. The number of hydrogen-bond acceptors (Lipinski definition) is 1. The van der Waals surface area contributed by atoms with Crippen LogP contribution in [0.3, 0.4) is 0 Å². The second kappa shape index (κ2) is 3.69. The fourth-order valence-electron chi connectivity index (χ4n) is 0.796. The highest BCUT2D eigenvalue weighted by Gasteiger charge is 2.15. The van der Waals surface area contributed by atoms with Crippen molar-refractivity contribution in [3.8, 4) is 0 Å². The van der Waals surface area contributed by atoms with Gasteiger partial charge in [-0.1, -0.05) is 41.9 Å². The molecular formula is C8H8ClFO. The number of benzene rings is 1. The van der Waals surface area contributed by atoms with Gasteiger partial charge in [0.2, 0.25) is 5.63 Å². The van der Waals surface area contributed by atoms with E-state index < -0.39 is 11.7 Å². The van der Waals surface area contributed by atoms with Gasteiger partial charge in [-0.15, -0.1) is 0 Å². The molecule has 1 rings (SSSR count). The molecule has 0 heterocycles. The Hall–Kier alpha value is -0.600. The van der Waals surface area contributed by atoms with Gasteiger partial charge in [0.25, 0.3) is 0 Å². The van der Waals surface area contributed by atoms with Crippen molar-refractivity contribution in [2.75, 3.05) is 0 Å². The van der Waals surface area contributed by atoms with Gasteiger partial charge in [-0.3, -0.25) is 0 Å². The highest BCUT2D eigenvalue weighted by Crippen LogP contribution is 2.20. The number of aliphatic hydroxyl groups excluding tert-OH is 1. The van der Waals surface area contributed by atoms with Crippen LogP contribution >= 0.6 is 11.6 Å². The molecule has 1 aromatic carbocycles. The van der Waals surface area contributed by atoms with Crippen molar-refractivity contribution in [3.05, 3.63) is 35.9 Å². The summed E-state index contributed by atoms with van der Waals surface area (Å²) in [6, 6.07) is 8.48. The van der Waals surface area contributed by atoms with E-state index in [2.05, 4.69) is 0 Å². The number of aliphatic hydroxyl groups is 1. The third-order valence-corrected chi connectivity index (χ3v) is 1.62. The lowest BCUT2D eigenvalue weighted by Crippen LogP contribution is -2.06. The summed E-state index contributed by atoms with van der Waals surface area (Å²) < 4.78 is 12.3. The minimum atomic E-state index is -1.74. The van der Waals surface area contributed by atoms with Crippen molar-refractivity contribution in [2.24, 2.45) is 0 Å². The van der Waals surface area contributed by atoms with Gasteiger partial charge in [-0.05, 0) is 5.56 Å². The maximum atomic E-state index is 12.3. The van der Waals surface area contributed by atoms with Crippen molar-refractivity contribution in [1.29, 1.82) is 0 Å². The molecule has 0 saturated heterocycles. The van der Waals surface area contributed by atoms with Crippen LogP contribution in [-0.2, 0) is 0 Å². The largest absolute Gasteiger partial charge is 0.384 e. The van der Waals surface area contributed by atoms with Crippen LogP contribution in [0.2, 0.25) is 0 Å². The third-order valence-electron chi connectivity index (χ3n) is 1.38. The molecule has 0 unspecified atom stereocenters. The molecule has 3 heteroatoms. The second-order valence-electron chi connectivity index (χ2n) is 2.19. The summed E-state index contributed by atoms with van der Waals surface area (Å²) in [7, 11) is 0. The molecule has 2 atom stereocenters. The normalized spacial score (nSPS) is 15.9. The van der Waals surface area contributed by atoms with Crippen LogP contribution in [0.15, 0.2) is 30.3 Å². The van der Waals surface area contributed by atoms with E-state index in [0.29, 0.717) is 5.56 Å². The zero-order chi connectivity index (χ0) is 8.27. The van der Waals surface area contributed by atoms with Gasteiger partial charge in [-0.25, -0.2) is 4.39 Å². The van der Waals surface area contributed by atoms with Gasteiger partial charge < -0.3 is 5.11 Å². The summed E-state index contributed by atoms with van der Waals surface area (Å²) in [5.74, 6) is 0. The maximum Gasteiger partial charge on any atom is 0.203 e. The molecule has 0 aliphatic heterocycles. The fraction of sp³-hybridized carbons (Fsp3) is 0.250. The minimum absolute atomic E-state index is 0.495. The van der Waals surface area contributed by atoms with E-state index in [0.717, 1.165) is 0 Å². The van der Waals surface area contributed by atoms with Gasteiger partial charge >= 0.3 is 0 Å². The second-order valence-corrected chi connectivity index (χ2v) is 2.61. The summed E-state index contributed by atoms with van der Waals surface area (Å²) in [6.45, 7) is 0. The van der Waals surface area contributed by atoms with Gasteiger partial charge in [0.1, 0.15) is 6.10 Å². The van der Waals surface area contributed by atoms with Crippen LogP contribution in [0.4, 0.5) is 4.39 Å². The molecule has 1 N–H and O–H groups in total. The minimum Gasteiger partial charge on any atom is -0.384 e. The average Bonchev–Trinajstić information content (AvgIpc) is 2.05. The van der Waals surface area contributed by atoms with Crippen molar-refractivity contribution in [3.63, 3.8) is 0 Å². The molecular weight excluding hydrogens is 167 g/mol. The van der Waals surface area contributed by atoms with Crippen molar-refractivity contribution >= 4 is 11.6 Å². The van der Waals surface area contributed by atoms with Crippen LogP contribution in [0, 0.1) is 0 Å². The van der Waals surface area contributed by atoms with Crippen molar-refractivity contribution in [1.82, 2.24) is 0 Å². The average molecular weight is 175 g/mol. The molecule has 11 heavy (non-hydrogen) atoms. The van der Waals surface area contributed by atoms with E-state index in [1.807, 2.05) is 0 Å². The molecule has 0 bridgehead atoms. The van der Waals surface area contributed by atoms with Gasteiger partial charge in [0, 0.05) is 0 Å². The first-order valence-electron chi connectivity index (χ1n) is 3.23. The number of alkyl halides is 2. The first-order chi connectivity index (χ1) is 5.22. The standard InChI is InChI=1S/C8H8ClFO/c9-8(10)7(11)6-4-2-1-3-5-6/h1-5,7-8,11H/t7-,8+/m1/s1. The highest BCUT2D eigenvalue weighted by molar-refractivity contribution is 6.20. The SMILES string of the molecule is O[C@H](c1ccccc1)[C@H](F)Cl. The fourth-order valence-corrected chi connectivity index (χ4v) is 0.941. The predicted molar refractivity (Wildman–Crippen MR) is 42.2 cm³/mol. The molecule has 0 amide bonds. The van der Waals surface area contributed by atoms with Gasteiger partial charge in [-0.2, -0.15) is 0 Å². The smallest absolute Gasteiger partial charge is 0.203 e. The van der Waals surface area contributed by atoms with Gasteiger partial charge in [0.05, 0.1) is 0 Å². The molecule has 0 spiro atoms. The molecule has 0 aliphatic rings. The zero-order valence-corrected chi connectivity index (χ0v) is 6.50. The Bertz CT molecular complexity index is 213. The molecule has 1 aromatic rings. The Labute approximate surface area is 69.4 Å². The predicted octanol–water partition coefficient (Wildman–Crippen LogP) is 2.25. The maximum absolute atomic E-state index is 12.3. The van der Waals surface area contributed by atoms with E-state index in [4.69, 9.17) is 16.7 Å². The quantitative estimate of drug-likeness (QED) is 0.682. The summed E-state index contributed by atoms with van der Waals surface area (Å²) in [5, 5.41) is 9.09. The first kappa shape index (κ1) is 8.50.